The Balaban J connectivity index is 1.35. The Labute approximate surface area is 211 Å². The van der Waals surface area contributed by atoms with Gasteiger partial charge < -0.3 is 24.8 Å². The molecule has 2 heterocycles. The van der Waals surface area contributed by atoms with E-state index in [4.69, 9.17) is 9.47 Å². The number of hydrogen-bond acceptors (Lipinski definition) is 5. The van der Waals surface area contributed by atoms with E-state index < -0.39 is 18.0 Å². The van der Waals surface area contributed by atoms with Crippen LogP contribution in [0, 0.1) is 56.7 Å². The van der Waals surface area contributed by atoms with Gasteiger partial charge >= 0.3 is 0 Å². The minimum Gasteiger partial charge on any atom is -0.393 e. The number of aliphatic hydroxyl groups is 3. The molecule has 35 heavy (non-hydrogen) atoms. The molecule has 2 bridgehead atoms. The van der Waals surface area contributed by atoms with E-state index >= 15 is 0 Å². The summed E-state index contributed by atoms with van der Waals surface area (Å²) < 4.78 is 13.7. The van der Waals surface area contributed by atoms with Gasteiger partial charge in [-0.25, -0.2) is 0 Å². The maximum atomic E-state index is 12.5. The first-order valence-corrected chi connectivity index (χ1v) is 14.6. The van der Waals surface area contributed by atoms with E-state index in [1.807, 2.05) is 0 Å². The molecule has 0 aromatic rings. The Hall–Kier alpha value is -0.200. The summed E-state index contributed by atoms with van der Waals surface area (Å²) in [5, 5.41) is 35.2. The van der Waals surface area contributed by atoms with Gasteiger partial charge in [0, 0.05) is 11.3 Å². The third-order valence-corrected chi connectivity index (χ3v) is 14.5. The van der Waals surface area contributed by atoms with Gasteiger partial charge in [0.05, 0.1) is 24.4 Å². The van der Waals surface area contributed by atoms with Crippen LogP contribution in [-0.4, -0.2) is 51.6 Å². The standard InChI is InChI=1S/C30H48O5/c1-16(2)29-13-17(3)21-25(6)10-11-27-14-28(27)9-8-20(32)24(4,5)22(28)18(31)12-19(27)26(25,7)23(33)30(21,35-29)34-15-29/h16-23,31-33H,8-15H2,1-7H3/t17-,18+,19+,20+,21?,22+,23-,25-,26-,27+,28-,29-,30-/m1/s1. The summed E-state index contributed by atoms with van der Waals surface area (Å²) in [5.74, 6) is 0.371. The van der Waals surface area contributed by atoms with Crippen molar-refractivity contribution in [2.45, 2.75) is 123 Å². The van der Waals surface area contributed by atoms with Gasteiger partial charge in [-0.3, -0.25) is 0 Å². The summed E-state index contributed by atoms with van der Waals surface area (Å²) in [6.45, 7) is 16.5. The van der Waals surface area contributed by atoms with Crippen LogP contribution in [0.25, 0.3) is 0 Å². The molecule has 0 amide bonds. The van der Waals surface area contributed by atoms with E-state index in [1.54, 1.807) is 0 Å². The molecule has 0 radical (unpaired) electrons. The molecule has 2 saturated heterocycles. The predicted octanol–water partition coefficient (Wildman–Crippen LogP) is 4.52. The average Bonchev–Trinajstić information content (AvgIpc) is 3.26. The molecule has 0 aromatic carbocycles. The lowest BCUT2D eigenvalue weighted by atomic mass is 9.41. The van der Waals surface area contributed by atoms with Crippen molar-refractivity contribution < 1.29 is 24.8 Å². The topological polar surface area (TPSA) is 79.2 Å². The van der Waals surface area contributed by atoms with E-state index in [1.165, 1.54) is 6.42 Å². The van der Waals surface area contributed by atoms with Crippen molar-refractivity contribution in [3.63, 3.8) is 0 Å². The van der Waals surface area contributed by atoms with Crippen LogP contribution in [0.3, 0.4) is 0 Å². The largest absolute Gasteiger partial charge is 0.393 e. The average molecular weight is 489 g/mol. The van der Waals surface area contributed by atoms with Crippen LogP contribution in [0.15, 0.2) is 0 Å². The Morgan fingerprint density at radius 1 is 0.914 bits per heavy atom. The number of aliphatic hydroxyl groups excluding tert-OH is 3. The summed E-state index contributed by atoms with van der Waals surface area (Å²) in [6.07, 6.45) is 5.46. The molecule has 13 atom stereocenters. The van der Waals surface area contributed by atoms with Crippen molar-refractivity contribution in [3.8, 4) is 0 Å². The first-order chi connectivity index (χ1) is 16.2. The van der Waals surface area contributed by atoms with Crippen molar-refractivity contribution in [2.24, 2.45) is 56.7 Å². The molecule has 198 valence electrons. The van der Waals surface area contributed by atoms with Crippen LogP contribution < -0.4 is 0 Å². The van der Waals surface area contributed by atoms with Crippen molar-refractivity contribution in [2.75, 3.05) is 6.61 Å². The summed E-state index contributed by atoms with van der Waals surface area (Å²) in [6, 6.07) is 0. The number of rotatable bonds is 1. The van der Waals surface area contributed by atoms with Crippen LogP contribution in [0.5, 0.6) is 0 Å². The fourth-order valence-electron chi connectivity index (χ4n) is 12.8. The fraction of sp³-hybridized carbons (Fsp3) is 1.00. The molecule has 5 saturated carbocycles. The highest BCUT2D eigenvalue weighted by atomic mass is 16.8. The maximum absolute atomic E-state index is 12.5. The third-order valence-electron chi connectivity index (χ3n) is 14.5. The number of hydrogen-bond donors (Lipinski definition) is 3. The highest BCUT2D eigenvalue weighted by Crippen LogP contribution is 2.90. The molecule has 7 aliphatic rings. The fourth-order valence-corrected chi connectivity index (χ4v) is 12.8. The lowest BCUT2D eigenvalue weighted by Gasteiger charge is -2.64. The Morgan fingerprint density at radius 2 is 1.63 bits per heavy atom. The molecule has 5 heteroatoms. The quantitative estimate of drug-likeness (QED) is 0.506. The van der Waals surface area contributed by atoms with Gasteiger partial charge in [0.25, 0.3) is 0 Å². The smallest absolute Gasteiger partial charge is 0.199 e. The highest BCUT2D eigenvalue weighted by molar-refractivity contribution is 5.35. The molecule has 3 N–H and O–H groups in total. The van der Waals surface area contributed by atoms with E-state index in [0.717, 1.165) is 38.5 Å². The molecular formula is C30H48O5. The van der Waals surface area contributed by atoms with Crippen molar-refractivity contribution in [1.82, 2.24) is 0 Å². The lowest BCUT2D eigenvalue weighted by Crippen LogP contribution is -2.63. The van der Waals surface area contributed by atoms with Gasteiger partial charge in [-0.2, -0.15) is 0 Å². The molecule has 5 nitrogen and oxygen atoms in total. The van der Waals surface area contributed by atoms with Crippen molar-refractivity contribution >= 4 is 0 Å². The first-order valence-electron chi connectivity index (χ1n) is 14.6. The zero-order chi connectivity index (χ0) is 25.2. The molecule has 1 unspecified atom stereocenters. The monoisotopic (exact) mass is 488 g/mol. The number of ether oxygens (including phenoxy) is 2. The zero-order valence-electron chi connectivity index (χ0n) is 22.9. The van der Waals surface area contributed by atoms with E-state index in [9.17, 15) is 15.3 Å². The molecule has 7 rings (SSSR count). The highest BCUT2D eigenvalue weighted by Gasteiger charge is 2.89. The SMILES string of the molecule is CC(C)[C@@]12CO[C@@]3(O1)C([C@H](C)C2)[C@@]1(C)CC[C@@]24C[C@@]25CC[C@H](O)C(C)(C)[C@@H]5[C@@H](O)C[C@H]4[C@]1(C)[C@H]3O. The number of fused-ring (bicyclic) bond motifs is 4. The van der Waals surface area contributed by atoms with E-state index in [0.29, 0.717) is 18.4 Å². The first kappa shape index (κ1) is 23.9. The second kappa shape index (κ2) is 6.33. The van der Waals surface area contributed by atoms with Gasteiger partial charge in [-0.05, 0) is 90.3 Å². The molecule has 0 aromatic heterocycles. The third kappa shape index (κ3) is 2.19. The van der Waals surface area contributed by atoms with E-state index in [-0.39, 0.29) is 56.5 Å². The maximum Gasteiger partial charge on any atom is 0.199 e. The summed E-state index contributed by atoms with van der Waals surface area (Å²) in [7, 11) is 0. The van der Waals surface area contributed by atoms with E-state index in [2.05, 4.69) is 48.5 Å². The van der Waals surface area contributed by atoms with Crippen LogP contribution in [0.1, 0.15) is 93.4 Å². The molecule has 3 spiro atoms. The minimum absolute atomic E-state index is 0.0955. The second-order valence-electron chi connectivity index (χ2n) is 15.8. The Kier molecular flexibility index (Phi) is 4.32. The summed E-state index contributed by atoms with van der Waals surface area (Å²) in [5.41, 5.74) is -0.816. The van der Waals surface area contributed by atoms with Crippen molar-refractivity contribution in [1.29, 1.82) is 0 Å². The second-order valence-corrected chi connectivity index (χ2v) is 15.8. The Bertz CT molecular complexity index is 964. The molecule has 7 fully saturated rings. The van der Waals surface area contributed by atoms with Crippen LogP contribution in [0.4, 0.5) is 0 Å². The van der Waals surface area contributed by atoms with Gasteiger partial charge in [0.1, 0.15) is 6.10 Å². The normalized spacial score (nSPS) is 65.7. The van der Waals surface area contributed by atoms with Gasteiger partial charge in [0.15, 0.2) is 5.79 Å². The van der Waals surface area contributed by atoms with Gasteiger partial charge in [-0.1, -0.05) is 48.5 Å². The van der Waals surface area contributed by atoms with Gasteiger partial charge in [-0.15, -0.1) is 0 Å². The summed E-state index contributed by atoms with van der Waals surface area (Å²) >= 11 is 0. The van der Waals surface area contributed by atoms with Gasteiger partial charge in [0.2, 0.25) is 0 Å². The molecule has 2 aliphatic heterocycles. The summed E-state index contributed by atoms with van der Waals surface area (Å²) in [4.78, 5) is 0. The van der Waals surface area contributed by atoms with Crippen molar-refractivity contribution in [3.05, 3.63) is 0 Å². The zero-order valence-corrected chi connectivity index (χ0v) is 22.9. The minimum atomic E-state index is -0.928. The molecular weight excluding hydrogens is 440 g/mol. The van der Waals surface area contributed by atoms with Crippen LogP contribution >= 0.6 is 0 Å². The Morgan fingerprint density at radius 3 is 2.31 bits per heavy atom. The lowest BCUT2D eigenvalue weighted by molar-refractivity contribution is -0.297. The molecule has 5 aliphatic carbocycles. The predicted molar refractivity (Wildman–Crippen MR) is 132 cm³/mol. The van der Waals surface area contributed by atoms with Crippen LogP contribution in [-0.2, 0) is 9.47 Å². The van der Waals surface area contributed by atoms with Crippen LogP contribution in [0.2, 0.25) is 0 Å².